The second-order valence-corrected chi connectivity index (χ2v) is 1.28. The smallest absolute Gasteiger partial charge is 0.229 e. The fraction of sp³-hybridized carbons (Fsp3) is 0. The number of nitrogens with one attached hydrogen (secondary N) is 1. The summed E-state index contributed by atoms with van der Waals surface area (Å²) in [6, 6.07) is 0. The molecule has 50 valence electrons. The normalized spacial score (nSPS) is 18.3. The van der Waals surface area contributed by atoms with Crippen molar-refractivity contribution >= 4 is 6.09 Å². The Morgan fingerprint density at radius 2 is 2.22 bits per heavy atom. The summed E-state index contributed by atoms with van der Waals surface area (Å²) >= 11 is 0. The second-order valence-electron chi connectivity index (χ2n) is 1.28. The van der Waals surface area contributed by atoms with Crippen molar-refractivity contribution in [3.05, 3.63) is 12.2 Å². The van der Waals surface area contributed by atoms with Crippen LogP contribution in [0.25, 0.3) is 0 Å². The van der Waals surface area contributed by atoms with E-state index >= 15 is 0 Å². The summed E-state index contributed by atoms with van der Waals surface area (Å²) in [5.41, 5.74) is 1.44. The molecule has 0 spiro atoms. The molecule has 1 aliphatic heterocycles. The van der Waals surface area contributed by atoms with Crippen LogP contribution in [0.1, 0.15) is 0 Å². The fourth-order valence-corrected chi connectivity index (χ4v) is 0.362. The van der Waals surface area contributed by atoms with Gasteiger partial charge in [-0.3, -0.25) is 0 Å². The van der Waals surface area contributed by atoms with Crippen molar-refractivity contribution < 1.29 is 13.3 Å². The van der Waals surface area contributed by atoms with E-state index in [1.807, 2.05) is 0 Å². The minimum Gasteiger partial charge on any atom is -0.229 e. The highest BCUT2D eigenvalue weighted by Gasteiger charge is 2.09. The number of aliphatic imine (C=N–C) groups is 1. The van der Waals surface area contributed by atoms with E-state index in [4.69, 9.17) is 0 Å². The molecule has 1 heterocycles. The number of rotatable bonds is 0. The first kappa shape index (κ1) is 5.93. The first-order valence-corrected chi connectivity index (χ1v) is 2.01. The van der Waals surface area contributed by atoms with E-state index in [0.29, 0.717) is 6.20 Å². The molecular formula is C3H2F3N3. The Labute approximate surface area is 48.4 Å². The summed E-state index contributed by atoms with van der Waals surface area (Å²) in [6.45, 7) is 0. The maximum atomic E-state index is 11.8. The molecule has 1 aliphatic rings. The van der Waals surface area contributed by atoms with Crippen LogP contribution in [0.2, 0.25) is 0 Å². The van der Waals surface area contributed by atoms with E-state index in [1.165, 1.54) is 5.43 Å². The molecule has 0 amide bonds. The summed E-state index contributed by atoms with van der Waals surface area (Å²) < 4.78 is 35.3. The molecule has 1 rings (SSSR count). The lowest BCUT2D eigenvalue weighted by molar-refractivity contribution is 0.0451. The monoisotopic (exact) mass is 137 g/mol. The van der Waals surface area contributed by atoms with E-state index in [9.17, 15) is 13.3 Å². The molecule has 0 unspecified atom stereocenters. The molecule has 0 aromatic heterocycles. The van der Waals surface area contributed by atoms with Crippen molar-refractivity contribution in [1.29, 1.82) is 0 Å². The molecule has 0 aliphatic carbocycles. The second kappa shape index (κ2) is 1.96. The number of hydrogen-bond donors (Lipinski definition) is 1. The third-order valence-corrected chi connectivity index (χ3v) is 0.624. The molecule has 1 N–H and O–H groups in total. The van der Waals surface area contributed by atoms with Crippen LogP contribution in [0.3, 0.4) is 0 Å². The third-order valence-electron chi connectivity index (χ3n) is 0.624. The van der Waals surface area contributed by atoms with Gasteiger partial charge in [-0.2, -0.15) is 13.8 Å². The number of hydrazine groups is 1. The van der Waals surface area contributed by atoms with Gasteiger partial charge in [0.15, 0.2) is 0 Å². The zero-order chi connectivity index (χ0) is 6.85. The lowest BCUT2D eigenvalue weighted by atomic mass is 10.8. The van der Waals surface area contributed by atoms with Crippen molar-refractivity contribution in [2.75, 3.05) is 0 Å². The van der Waals surface area contributed by atoms with Gasteiger partial charge in [-0.1, -0.05) is 4.48 Å². The van der Waals surface area contributed by atoms with Crippen molar-refractivity contribution in [3.63, 3.8) is 0 Å². The summed E-state index contributed by atoms with van der Waals surface area (Å²) in [6.07, 6.45) is -0.944. The molecule has 3 nitrogen and oxygen atoms in total. The molecule has 0 saturated heterocycles. The predicted octanol–water partition coefficient (Wildman–Crippen LogP) is 0.785. The number of nitrogens with zero attached hydrogens (tertiary/aromatic N) is 2. The molecule has 9 heavy (non-hydrogen) atoms. The zero-order valence-corrected chi connectivity index (χ0v) is 4.11. The highest BCUT2D eigenvalue weighted by molar-refractivity contribution is 5.73. The first-order chi connectivity index (χ1) is 4.18. The van der Waals surface area contributed by atoms with Gasteiger partial charge in [0, 0.05) is 0 Å². The van der Waals surface area contributed by atoms with Crippen LogP contribution in [0.5, 0.6) is 0 Å². The first-order valence-electron chi connectivity index (χ1n) is 2.01. The quantitative estimate of drug-likeness (QED) is 0.394. The summed E-state index contributed by atoms with van der Waals surface area (Å²) in [5, 5.41) is -0.363. The van der Waals surface area contributed by atoms with Crippen LogP contribution >= 0.6 is 0 Å². The summed E-state index contributed by atoms with van der Waals surface area (Å²) in [5.74, 6) is -1.21. The topological polar surface area (TPSA) is 27.6 Å². The van der Waals surface area contributed by atoms with Crippen molar-refractivity contribution in [2.24, 2.45) is 4.99 Å². The number of halogens is 3. The number of hydrogen-bond acceptors (Lipinski definition) is 3. The van der Waals surface area contributed by atoms with Gasteiger partial charge in [0.2, 0.25) is 5.95 Å². The Hall–Kier alpha value is -1.20. The third kappa shape index (κ3) is 1.34. The molecule has 0 aromatic carbocycles. The molecular weight excluding hydrogens is 135 g/mol. The Balaban J connectivity index is 2.74. The summed E-state index contributed by atoms with van der Waals surface area (Å²) in [4.78, 5) is 2.58. The van der Waals surface area contributed by atoms with E-state index in [2.05, 4.69) is 4.99 Å². The SMILES string of the molecule is FC1=CN(F)NC(F)=N1. The highest BCUT2D eigenvalue weighted by Crippen LogP contribution is 2.05. The van der Waals surface area contributed by atoms with Crippen LogP contribution in [0.15, 0.2) is 17.1 Å². The molecule has 0 saturated carbocycles. The Morgan fingerprint density at radius 1 is 1.56 bits per heavy atom. The van der Waals surface area contributed by atoms with E-state index in [-0.39, 0.29) is 5.23 Å². The minimum absolute atomic E-state index is 0.363. The van der Waals surface area contributed by atoms with Crippen LogP contribution in [-0.4, -0.2) is 11.3 Å². The van der Waals surface area contributed by atoms with Crippen molar-refractivity contribution in [2.45, 2.75) is 0 Å². The van der Waals surface area contributed by atoms with Crippen LogP contribution in [-0.2, 0) is 0 Å². The van der Waals surface area contributed by atoms with Gasteiger partial charge in [-0.05, 0) is 0 Å². The largest absolute Gasteiger partial charge is 0.306 e. The van der Waals surface area contributed by atoms with E-state index in [0.717, 1.165) is 0 Å². The highest BCUT2D eigenvalue weighted by atomic mass is 19.2. The van der Waals surface area contributed by atoms with Gasteiger partial charge in [0.25, 0.3) is 0 Å². The molecule has 0 aromatic rings. The van der Waals surface area contributed by atoms with Gasteiger partial charge in [-0.15, -0.1) is 5.23 Å². The van der Waals surface area contributed by atoms with Gasteiger partial charge < -0.3 is 0 Å². The number of amidine groups is 1. The predicted molar refractivity (Wildman–Crippen MR) is 23.8 cm³/mol. The van der Waals surface area contributed by atoms with Crippen molar-refractivity contribution in [1.82, 2.24) is 10.7 Å². The van der Waals surface area contributed by atoms with Gasteiger partial charge in [-0.25, -0.2) is 5.43 Å². The average molecular weight is 137 g/mol. The van der Waals surface area contributed by atoms with Gasteiger partial charge in [0.1, 0.15) is 6.20 Å². The molecule has 0 radical (unpaired) electrons. The maximum absolute atomic E-state index is 11.8. The van der Waals surface area contributed by atoms with Crippen LogP contribution in [0, 0.1) is 0 Å². The molecule has 6 heteroatoms. The maximum Gasteiger partial charge on any atom is 0.306 e. The van der Waals surface area contributed by atoms with Gasteiger partial charge >= 0.3 is 6.09 Å². The summed E-state index contributed by atoms with van der Waals surface area (Å²) in [7, 11) is 0. The average Bonchev–Trinajstić information content (AvgIpc) is 1.59. The van der Waals surface area contributed by atoms with Gasteiger partial charge in [0.05, 0.1) is 0 Å². The molecule has 0 atom stereocenters. The zero-order valence-electron chi connectivity index (χ0n) is 4.11. The van der Waals surface area contributed by atoms with Crippen molar-refractivity contribution in [3.8, 4) is 0 Å². The van der Waals surface area contributed by atoms with E-state index in [1.54, 1.807) is 0 Å². The standard InChI is InChI=1S/C3H2F3N3/c4-2-1-9(6)8-3(5)7-2/h1H,(H,7,8). The Kier molecular flexibility index (Phi) is 1.29. The van der Waals surface area contributed by atoms with Crippen LogP contribution < -0.4 is 5.43 Å². The minimum atomic E-state index is -1.31. The van der Waals surface area contributed by atoms with E-state index < -0.39 is 12.0 Å². The molecule has 0 fully saturated rings. The Morgan fingerprint density at radius 3 is 2.67 bits per heavy atom. The molecule has 0 bridgehead atoms. The fourth-order valence-electron chi connectivity index (χ4n) is 0.362. The lowest BCUT2D eigenvalue weighted by Gasteiger charge is -2.10. The Bertz CT molecular complexity index is 175. The lowest BCUT2D eigenvalue weighted by Crippen LogP contribution is -2.32. The van der Waals surface area contributed by atoms with Crippen LogP contribution in [0.4, 0.5) is 13.3 Å².